The van der Waals surface area contributed by atoms with Crippen molar-refractivity contribution in [1.82, 2.24) is 14.5 Å². The van der Waals surface area contributed by atoms with Gasteiger partial charge < -0.3 is 14.2 Å². The molecule has 0 unspecified atom stereocenters. The molecule has 2 rings (SSSR count). The molecule has 5 nitrogen and oxygen atoms in total. The molecule has 17 heavy (non-hydrogen) atoms. The molecular formula is C12H19N3O2. The van der Waals surface area contributed by atoms with Gasteiger partial charge in [-0.25, -0.2) is 9.78 Å². The topological polar surface area (TPSA) is 47.4 Å². The molecule has 1 saturated heterocycles. The fraction of sp³-hybridized carbons (Fsp3) is 0.667. The van der Waals surface area contributed by atoms with Crippen LogP contribution in [0.4, 0.5) is 4.79 Å². The Morgan fingerprint density at radius 1 is 1.47 bits per heavy atom. The summed E-state index contributed by atoms with van der Waals surface area (Å²) in [5, 5.41) is 0. The smallest absolute Gasteiger partial charge is 0.409 e. The third kappa shape index (κ3) is 3.22. The van der Waals surface area contributed by atoms with Crippen molar-refractivity contribution in [2.45, 2.75) is 26.3 Å². The molecule has 0 spiro atoms. The quantitative estimate of drug-likeness (QED) is 0.804. The maximum atomic E-state index is 11.5. The number of nitrogens with zero attached hydrogens (tertiary/aromatic N) is 3. The van der Waals surface area contributed by atoms with Gasteiger partial charge in [-0.1, -0.05) is 0 Å². The molecule has 0 radical (unpaired) electrons. The summed E-state index contributed by atoms with van der Waals surface area (Å²) in [6, 6.07) is 0. The summed E-state index contributed by atoms with van der Waals surface area (Å²) in [5.41, 5.74) is 0. The third-order valence-electron chi connectivity index (χ3n) is 3.17. The summed E-state index contributed by atoms with van der Waals surface area (Å²) < 4.78 is 7.10. The number of hydrogen-bond donors (Lipinski definition) is 0. The first-order valence-electron chi connectivity index (χ1n) is 6.17. The van der Waals surface area contributed by atoms with Crippen LogP contribution in [0.15, 0.2) is 18.7 Å². The Morgan fingerprint density at radius 3 is 2.82 bits per heavy atom. The number of aromatic nitrogens is 2. The van der Waals surface area contributed by atoms with Gasteiger partial charge in [-0.2, -0.15) is 0 Å². The van der Waals surface area contributed by atoms with Crippen LogP contribution in [0.2, 0.25) is 0 Å². The van der Waals surface area contributed by atoms with E-state index in [4.69, 9.17) is 4.74 Å². The Bertz CT molecular complexity index is 343. The lowest BCUT2D eigenvalue weighted by molar-refractivity contribution is 0.0900. The van der Waals surface area contributed by atoms with Gasteiger partial charge in [-0.3, -0.25) is 0 Å². The van der Waals surface area contributed by atoms with Gasteiger partial charge in [0.25, 0.3) is 0 Å². The van der Waals surface area contributed by atoms with Crippen LogP contribution >= 0.6 is 0 Å². The molecule has 0 aliphatic carbocycles. The average Bonchev–Trinajstić information content (AvgIpc) is 2.83. The number of carbonyl (C=O) groups excluding carboxylic acids is 1. The first kappa shape index (κ1) is 12.0. The van der Waals surface area contributed by atoms with Gasteiger partial charge >= 0.3 is 6.09 Å². The maximum absolute atomic E-state index is 11.5. The minimum atomic E-state index is -0.173. The summed E-state index contributed by atoms with van der Waals surface area (Å²) in [6.45, 7) is 4.89. The van der Waals surface area contributed by atoms with E-state index >= 15 is 0 Å². The highest BCUT2D eigenvalue weighted by Crippen LogP contribution is 2.19. The highest BCUT2D eigenvalue weighted by Gasteiger charge is 2.23. The van der Waals surface area contributed by atoms with Crippen molar-refractivity contribution < 1.29 is 9.53 Å². The fourth-order valence-electron chi connectivity index (χ4n) is 2.21. The highest BCUT2D eigenvalue weighted by atomic mass is 16.6. The second kappa shape index (κ2) is 5.70. The highest BCUT2D eigenvalue weighted by molar-refractivity contribution is 5.67. The lowest BCUT2D eigenvalue weighted by atomic mass is 9.97. The van der Waals surface area contributed by atoms with Crippen LogP contribution in [0.1, 0.15) is 19.8 Å². The molecule has 1 aliphatic rings. The summed E-state index contributed by atoms with van der Waals surface area (Å²) in [5.74, 6) is 0.634. The molecule has 0 atom stereocenters. The molecule has 0 N–H and O–H groups in total. The first-order chi connectivity index (χ1) is 8.29. The standard InChI is InChI=1S/C12H19N3O2/c1-2-17-12(16)15-6-3-11(4-7-15)9-14-8-5-13-10-14/h5,8,10-11H,2-4,6-7,9H2,1H3. The fourth-order valence-corrected chi connectivity index (χ4v) is 2.21. The minimum absolute atomic E-state index is 0.173. The van der Waals surface area contributed by atoms with E-state index in [1.807, 2.05) is 19.4 Å². The van der Waals surface area contributed by atoms with Gasteiger partial charge in [0.1, 0.15) is 0 Å². The van der Waals surface area contributed by atoms with Gasteiger partial charge in [-0.15, -0.1) is 0 Å². The molecule has 0 saturated carbocycles. The maximum Gasteiger partial charge on any atom is 0.409 e. The van der Waals surface area contributed by atoms with Gasteiger partial charge in [0, 0.05) is 32.0 Å². The van der Waals surface area contributed by atoms with Crippen molar-refractivity contribution in [2.24, 2.45) is 5.92 Å². The van der Waals surface area contributed by atoms with Crippen molar-refractivity contribution in [3.63, 3.8) is 0 Å². The predicted molar refractivity (Wildman–Crippen MR) is 63.5 cm³/mol. The van der Waals surface area contributed by atoms with Crippen LogP contribution in [-0.2, 0) is 11.3 Å². The Balaban J connectivity index is 1.76. The van der Waals surface area contributed by atoms with E-state index in [0.29, 0.717) is 12.5 Å². The zero-order chi connectivity index (χ0) is 12.1. The minimum Gasteiger partial charge on any atom is -0.450 e. The van der Waals surface area contributed by atoms with Crippen LogP contribution < -0.4 is 0 Å². The van der Waals surface area contributed by atoms with Crippen molar-refractivity contribution in [3.05, 3.63) is 18.7 Å². The Morgan fingerprint density at radius 2 is 2.24 bits per heavy atom. The van der Waals surface area contributed by atoms with Gasteiger partial charge in [0.05, 0.1) is 12.9 Å². The van der Waals surface area contributed by atoms with Gasteiger partial charge in [-0.05, 0) is 25.7 Å². The number of hydrogen-bond acceptors (Lipinski definition) is 3. The number of rotatable bonds is 3. The normalized spacial score (nSPS) is 17.1. The molecule has 1 amide bonds. The monoisotopic (exact) mass is 237 g/mol. The second-order valence-corrected chi connectivity index (χ2v) is 4.39. The molecule has 1 aliphatic heterocycles. The van der Waals surface area contributed by atoms with Crippen LogP contribution in [0, 0.1) is 5.92 Å². The number of imidazole rings is 1. The summed E-state index contributed by atoms with van der Waals surface area (Å²) >= 11 is 0. The van der Waals surface area contributed by atoms with E-state index < -0.39 is 0 Å². The number of ether oxygens (including phenoxy) is 1. The van der Waals surface area contributed by atoms with Crippen molar-refractivity contribution >= 4 is 6.09 Å². The average molecular weight is 237 g/mol. The number of carbonyl (C=O) groups is 1. The Hall–Kier alpha value is -1.52. The lowest BCUT2D eigenvalue weighted by Gasteiger charge is -2.31. The largest absolute Gasteiger partial charge is 0.450 e. The molecular weight excluding hydrogens is 218 g/mol. The van der Waals surface area contributed by atoms with Crippen molar-refractivity contribution in [1.29, 1.82) is 0 Å². The summed E-state index contributed by atoms with van der Waals surface area (Å²) in [4.78, 5) is 17.3. The molecule has 1 fully saturated rings. The van der Waals surface area contributed by atoms with Crippen molar-refractivity contribution in [3.8, 4) is 0 Å². The van der Waals surface area contributed by atoms with Gasteiger partial charge in [0.15, 0.2) is 0 Å². The van der Waals surface area contributed by atoms with E-state index in [-0.39, 0.29) is 6.09 Å². The van der Waals surface area contributed by atoms with E-state index in [0.717, 1.165) is 32.5 Å². The van der Waals surface area contributed by atoms with Crippen LogP contribution in [-0.4, -0.2) is 40.2 Å². The zero-order valence-electron chi connectivity index (χ0n) is 10.2. The number of piperidine rings is 1. The first-order valence-corrected chi connectivity index (χ1v) is 6.17. The molecule has 0 bridgehead atoms. The SMILES string of the molecule is CCOC(=O)N1CCC(Cn2ccnc2)CC1. The van der Waals surface area contributed by atoms with E-state index in [2.05, 4.69) is 9.55 Å². The summed E-state index contributed by atoms with van der Waals surface area (Å²) in [6.07, 6.45) is 7.53. The zero-order valence-corrected chi connectivity index (χ0v) is 10.2. The van der Waals surface area contributed by atoms with E-state index in [1.165, 1.54) is 0 Å². The van der Waals surface area contributed by atoms with E-state index in [1.54, 1.807) is 11.1 Å². The molecule has 1 aromatic heterocycles. The third-order valence-corrected chi connectivity index (χ3v) is 3.17. The Kier molecular flexibility index (Phi) is 4.01. The van der Waals surface area contributed by atoms with Gasteiger partial charge in [0.2, 0.25) is 0 Å². The molecule has 2 heterocycles. The second-order valence-electron chi connectivity index (χ2n) is 4.39. The van der Waals surface area contributed by atoms with Crippen LogP contribution in [0.3, 0.4) is 0 Å². The number of likely N-dealkylation sites (tertiary alicyclic amines) is 1. The Labute approximate surface area is 101 Å². The van der Waals surface area contributed by atoms with Crippen molar-refractivity contribution in [2.75, 3.05) is 19.7 Å². The summed E-state index contributed by atoms with van der Waals surface area (Å²) in [7, 11) is 0. The molecule has 1 aromatic rings. The molecule has 94 valence electrons. The molecule has 0 aromatic carbocycles. The predicted octanol–water partition coefficient (Wildman–Crippen LogP) is 1.75. The van der Waals surface area contributed by atoms with Crippen LogP contribution in [0.25, 0.3) is 0 Å². The van der Waals surface area contributed by atoms with Crippen LogP contribution in [0.5, 0.6) is 0 Å². The lowest BCUT2D eigenvalue weighted by Crippen LogP contribution is -2.39. The molecule has 5 heteroatoms. The van der Waals surface area contributed by atoms with E-state index in [9.17, 15) is 4.79 Å². The number of amides is 1.